The van der Waals surface area contributed by atoms with Gasteiger partial charge in [-0.1, -0.05) is 72.8 Å². The number of nitrogens with one attached hydrogen (secondary N) is 2. The summed E-state index contributed by atoms with van der Waals surface area (Å²) in [6.45, 7) is 2.19. The average molecular weight is 326 g/mol. The number of hydrogen-bond donors (Lipinski definition) is 2. The minimum atomic E-state index is 1.05. The number of aromatic amines is 1. The minimum absolute atomic E-state index is 1.05. The maximum Gasteiger partial charge on any atom is 0.0464 e. The van der Waals surface area contributed by atoms with Gasteiger partial charge in [-0.3, -0.25) is 0 Å². The van der Waals surface area contributed by atoms with Gasteiger partial charge in [0.25, 0.3) is 0 Å². The molecule has 0 bridgehead atoms. The first kappa shape index (κ1) is 15.7. The number of hydrogen-bond acceptors (Lipinski definition) is 1. The summed E-state index contributed by atoms with van der Waals surface area (Å²) in [5.74, 6) is 0. The Bertz CT molecular complexity index is 896. The molecule has 2 heterocycles. The Balaban J connectivity index is 0.000000136. The maximum atomic E-state index is 3.41. The van der Waals surface area contributed by atoms with E-state index in [-0.39, 0.29) is 0 Å². The fraction of sp³-hybridized carbons (Fsp3) is 0.130. The maximum absolute atomic E-state index is 3.41. The molecule has 5 rings (SSSR count). The fourth-order valence-electron chi connectivity index (χ4n) is 3.27. The van der Waals surface area contributed by atoms with Crippen LogP contribution in [-0.2, 0) is 13.0 Å². The van der Waals surface area contributed by atoms with Gasteiger partial charge >= 0.3 is 0 Å². The lowest BCUT2D eigenvalue weighted by Gasteiger charge is -2.15. The van der Waals surface area contributed by atoms with Gasteiger partial charge in [-0.25, -0.2) is 0 Å². The predicted octanol–water partition coefficient (Wildman–Crippen LogP) is 5.17. The summed E-state index contributed by atoms with van der Waals surface area (Å²) in [4.78, 5) is 3.41. The summed E-state index contributed by atoms with van der Waals surface area (Å²) in [6, 6.07) is 29.5. The van der Waals surface area contributed by atoms with Gasteiger partial charge in [0.1, 0.15) is 0 Å². The van der Waals surface area contributed by atoms with E-state index < -0.39 is 0 Å². The van der Waals surface area contributed by atoms with Crippen LogP contribution < -0.4 is 5.32 Å². The highest BCUT2D eigenvalue weighted by atomic mass is 14.9. The van der Waals surface area contributed by atoms with Crippen molar-refractivity contribution in [2.45, 2.75) is 13.0 Å². The highest BCUT2D eigenvalue weighted by molar-refractivity contribution is 5.85. The number of para-hydroxylation sites is 1. The Morgan fingerprint density at radius 1 is 0.680 bits per heavy atom. The van der Waals surface area contributed by atoms with Crippen LogP contribution in [0.5, 0.6) is 0 Å². The molecule has 0 amide bonds. The largest absolute Gasteiger partial charge is 0.355 e. The first-order valence-corrected chi connectivity index (χ1v) is 8.81. The third kappa shape index (κ3) is 3.65. The Morgan fingerprint density at radius 3 is 2.20 bits per heavy atom. The topological polar surface area (TPSA) is 27.8 Å². The van der Waals surface area contributed by atoms with E-state index in [2.05, 4.69) is 83.1 Å². The summed E-state index contributed by atoms with van der Waals surface area (Å²) in [7, 11) is 0. The van der Waals surface area contributed by atoms with Gasteiger partial charge in [0.05, 0.1) is 0 Å². The predicted molar refractivity (Wildman–Crippen MR) is 106 cm³/mol. The Labute approximate surface area is 148 Å². The lowest BCUT2D eigenvalue weighted by Crippen LogP contribution is -2.23. The molecular formula is C23H22N2. The average Bonchev–Trinajstić information content (AvgIpc) is 3.14. The SMILES string of the molecule is c1ccc(-c2cc3ccccc3[nH]2)cc1.c1ccc2c(c1)CCNC2. The van der Waals surface area contributed by atoms with Crippen molar-refractivity contribution in [3.05, 3.63) is 96.1 Å². The van der Waals surface area contributed by atoms with E-state index in [4.69, 9.17) is 0 Å². The molecule has 0 atom stereocenters. The van der Waals surface area contributed by atoms with Crippen LogP contribution in [-0.4, -0.2) is 11.5 Å². The molecule has 0 radical (unpaired) electrons. The second kappa shape index (κ2) is 7.37. The number of benzene rings is 3. The highest BCUT2D eigenvalue weighted by Crippen LogP contribution is 2.23. The molecule has 3 aromatic carbocycles. The van der Waals surface area contributed by atoms with E-state index in [1.807, 2.05) is 12.1 Å². The van der Waals surface area contributed by atoms with Gasteiger partial charge < -0.3 is 10.3 Å². The summed E-state index contributed by atoms with van der Waals surface area (Å²) in [5.41, 5.74) is 6.58. The molecule has 2 nitrogen and oxygen atoms in total. The van der Waals surface area contributed by atoms with Gasteiger partial charge in [-0.2, -0.15) is 0 Å². The van der Waals surface area contributed by atoms with E-state index in [0.717, 1.165) is 13.1 Å². The van der Waals surface area contributed by atoms with E-state index in [0.29, 0.717) is 0 Å². The zero-order valence-corrected chi connectivity index (χ0v) is 14.2. The molecule has 1 aliphatic rings. The number of H-pyrrole nitrogens is 1. The monoisotopic (exact) mass is 326 g/mol. The van der Waals surface area contributed by atoms with E-state index in [1.54, 1.807) is 0 Å². The Morgan fingerprint density at radius 2 is 1.40 bits per heavy atom. The van der Waals surface area contributed by atoms with Gasteiger partial charge in [0, 0.05) is 23.1 Å². The first-order chi connectivity index (χ1) is 12.4. The molecule has 0 unspecified atom stereocenters. The van der Waals surface area contributed by atoms with Crippen molar-refractivity contribution in [3.8, 4) is 11.3 Å². The van der Waals surface area contributed by atoms with Crippen molar-refractivity contribution in [1.29, 1.82) is 0 Å². The molecule has 0 saturated carbocycles. The molecule has 2 N–H and O–H groups in total. The van der Waals surface area contributed by atoms with Crippen molar-refractivity contribution in [2.75, 3.05) is 6.54 Å². The van der Waals surface area contributed by atoms with Crippen LogP contribution in [0.1, 0.15) is 11.1 Å². The van der Waals surface area contributed by atoms with Crippen LogP contribution in [0.15, 0.2) is 84.9 Å². The molecule has 25 heavy (non-hydrogen) atoms. The molecule has 2 heteroatoms. The molecule has 0 spiro atoms. The molecule has 0 saturated heterocycles. The Hall–Kier alpha value is -2.84. The molecule has 4 aromatic rings. The first-order valence-electron chi connectivity index (χ1n) is 8.81. The zero-order chi connectivity index (χ0) is 16.9. The molecule has 1 aliphatic heterocycles. The van der Waals surface area contributed by atoms with Gasteiger partial charge in [0.15, 0.2) is 0 Å². The summed E-state index contributed by atoms with van der Waals surface area (Å²) in [5, 5.41) is 4.60. The third-order valence-corrected chi connectivity index (χ3v) is 4.62. The molecular weight excluding hydrogens is 304 g/mol. The Kier molecular flexibility index (Phi) is 4.62. The molecule has 124 valence electrons. The van der Waals surface area contributed by atoms with Crippen LogP contribution in [0, 0.1) is 0 Å². The highest BCUT2D eigenvalue weighted by Gasteiger charge is 2.05. The zero-order valence-electron chi connectivity index (χ0n) is 14.2. The van der Waals surface area contributed by atoms with Crippen LogP contribution in [0.2, 0.25) is 0 Å². The normalized spacial score (nSPS) is 13.0. The third-order valence-electron chi connectivity index (χ3n) is 4.62. The van der Waals surface area contributed by atoms with Gasteiger partial charge in [-0.15, -0.1) is 0 Å². The van der Waals surface area contributed by atoms with Crippen LogP contribution in [0.4, 0.5) is 0 Å². The quantitative estimate of drug-likeness (QED) is 0.496. The fourth-order valence-corrected chi connectivity index (χ4v) is 3.27. The standard InChI is InChI=1S/C14H11N.C9H11N/c1-2-6-11(7-3-1)14-10-12-8-4-5-9-13(12)15-14;1-2-4-9-7-10-6-5-8(9)3-1/h1-10,15H;1-4,10H,5-7H2. The van der Waals surface area contributed by atoms with Crippen molar-refractivity contribution in [1.82, 2.24) is 10.3 Å². The molecule has 0 fully saturated rings. The van der Waals surface area contributed by atoms with Crippen LogP contribution >= 0.6 is 0 Å². The van der Waals surface area contributed by atoms with Gasteiger partial charge in [0.2, 0.25) is 0 Å². The van der Waals surface area contributed by atoms with E-state index in [9.17, 15) is 0 Å². The number of aromatic nitrogens is 1. The van der Waals surface area contributed by atoms with E-state index >= 15 is 0 Å². The van der Waals surface area contributed by atoms with Crippen molar-refractivity contribution < 1.29 is 0 Å². The second-order valence-electron chi connectivity index (χ2n) is 6.33. The molecule has 1 aromatic heterocycles. The van der Waals surface area contributed by atoms with Crippen molar-refractivity contribution in [2.24, 2.45) is 0 Å². The van der Waals surface area contributed by atoms with Crippen LogP contribution in [0.3, 0.4) is 0 Å². The van der Waals surface area contributed by atoms with Crippen LogP contribution in [0.25, 0.3) is 22.2 Å². The number of fused-ring (bicyclic) bond motifs is 2. The van der Waals surface area contributed by atoms with Crippen molar-refractivity contribution in [3.63, 3.8) is 0 Å². The lowest BCUT2D eigenvalue weighted by molar-refractivity contribution is 0.644. The molecule has 0 aliphatic carbocycles. The summed E-state index contributed by atoms with van der Waals surface area (Å²) >= 11 is 0. The smallest absolute Gasteiger partial charge is 0.0464 e. The second-order valence-corrected chi connectivity index (χ2v) is 6.33. The van der Waals surface area contributed by atoms with Crippen molar-refractivity contribution >= 4 is 10.9 Å². The van der Waals surface area contributed by atoms with Gasteiger partial charge in [-0.05, 0) is 41.8 Å². The minimum Gasteiger partial charge on any atom is -0.355 e. The summed E-state index contributed by atoms with van der Waals surface area (Å²) < 4.78 is 0. The van der Waals surface area contributed by atoms with E-state index in [1.165, 1.54) is 39.7 Å². The number of rotatable bonds is 1. The summed E-state index contributed by atoms with van der Waals surface area (Å²) in [6.07, 6.45) is 1.19. The lowest BCUT2D eigenvalue weighted by atomic mass is 10.0.